The molecule has 1 atom stereocenters. The summed E-state index contributed by atoms with van der Waals surface area (Å²) < 4.78 is 7.26. The average Bonchev–Trinajstić information content (AvgIpc) is 3.12. The molecule has 3 rings (SSSR count). The summed E-state index contributed by atoms with van der Waals surface area (Å²) >= 11 is 1.63. The lowest BCUT2D eigenvalue weighted by molar-refractivity contribution is 0.416. The number of aryl methyl sites for hydroxylation is 1. The van der Waals surface area contributed by atoms with E-state index >= 15 is 0 Å². The van der Waals surface area contributed by atoms with Crippen LogP contribution in [0.4, 0.5) is 0 Å². The van der Waals surface area contributed by atoms with Gasteiger partial charge in [0.15, 0.2) is 0 Å². The van der Waals surface area contributed by atoms with Crippen molar-refractivity contribution in [2.45, 2.75) is 25.9 Å². The molecule has 2 N–H and O–H groups in total. The maximum atomic E-state index is 6.34. The first-order valence-electron chi connectivity index (χ1n) is 7.05. The van der Waals surface area contributed by atoms with Crippen molar-refractivity contribution in [2.75, 3.05) is 7.11 Å². The van der Waals surface area contributed by atoms with E-state index in [0.717, 1.165) is 29.3 Å². The minimum absolute atomic E-state index is 0.0532. The topological polar surface area (TPSA) is 53.1 Å². The first-order valence-corrected chi connectivity index (χ1v) is 7.93. The second-order valence-corrected chi connectivity index (χ2v) is 5.92. The summed E-state index contributed by atoms with van der Waals surface area (Å²) in [5.74, 6) is 0.870. The Morgan fingerprint density at radius 2 is 2.19 bits per heavy atom. The Morgan fingerprint density at radius 3 is 2.90 bits per heavy atom. The lowest BCUT2D eigenvalue weighted by Crippen LogP contribution is -2.12. The summed E-state index contributed by atoms with van der Waals surface area (Å²) in [6.07, 6.45) is 0.733. The highest BCUT2D eigenvalue weighted by Crippen LogP contribution is 2.29. The van der Waals surface area contributed by atoms with Gasteiger partial charge in [0.25, 0.3) is 0 Å². The Kier molecular flexibility index (Phi) is 3.94. The molecule has 1 aromatic carbocycles. The monoisotopic (exact) mass is 301 g/mol. The van der Waals surface area contributed by atoms with E-state index in [9.17, 15) is 0 Å². The molecule has 0 aliphatic heterocycles. The molecule has 0 saturated carbocycles. The van der Waals surface area contributed by atoms with Crippen molar-refractivity contribution >= 4 is 22.2 Å². The number of hydrogen-bond donors (Lipinski definition) is 1. The quantitative estimate of drug-likeness (QED) is 0.786. The van der Waals surface area contributed by atoms with Crippen LogP contribution < -0.4 is 10.5 Å². The third-order valence-corrected chi connectivity index (χ3v) is 4.69. The minimum Gasteiger partial charge on any atom is -0.496 e. The van der Waals surface area contributed by atoms with E-state index in [4.69, 9.17) is 15.6 Å². The maximum Gasteiger partial charge on any atom is 0.129 e. The number of nitrogens with two attached hydrogens (primary N) is 1. The van der Waals surface area contributed by atoms with Crippen molar-refractivity contribution in [1.29, 1.82) is 0 Å². The van der Waals surface area contributed by atoms with Crippen LogP contribution in [0.3, 0.4) is 0 Å². The van der Waals surface area contributed by atoms with Crippen LogP contribution in [-0.4, -0.2) is 16.9 Å². The van der Waals surface area contributed by atoms with E-state index in [-0.39, 0.29) is 6.04 Å². The third kappa shape index (κ3) is 2.66. The van der Waals surface area contributed by atoms with Crippen molar-refractivity contribution in [2.24, 2.45) is 5.73 Å². The van der Waals surface area contributed by atoms with Gasteiger partial charge in [-0.3, -0.25) is 4.68 Å². The molecular formula is C16H19N3OS. The summed E-state index contributed by atoms with van der Waals surface area (Å²) in [5, 5.41) is 7.89. The number of rotatable bonds is 5. The Morgan fingerprint density at radius 1 is 1.38 bits per heavy atom. The van der Waals surface area contributed by atoms with Gasteiger partial charge in [0.2, 0.25) is 0 Å². The minimum atomic E-state index is -0.0532. The van der Waals surface area contributed by atoms with E-state index in [1.165, 1.54) is 10.9 Å². The highest BCUT2D eigenvalue weighted by atomic mass is 32.1. The second-order valence-electron chi connectivity index (χ2n) is 4.98. The maximum absolute atomic E-state index is 6.34. The van der Waals surface area contributed by atoms with Crippen molar-refractivity contribution in [3.8, 4) is 5.75 Å². The Hall–Kier alpha value is -1.85. The number of fused-ring (bicyclic) bond motifs is 1. The van der Waals surface area contributed by atoms with E-state index in [1.807, 2.05) is 28.3 Å². The fraction of sp³-hybridized carbons (Fsp3) is 0.312. The Labute approximate surface area is 128 Å². The number of aromatic nitrogens is 2. The van der Waals surface area contributed by atoms with Gasteiger partial charge in [0, 0.05) is 34.7 Å². The summed E-state index contributed by atoms with van der Waals surface area (Å²) in [5.41, 5.74) is 8.58. The fourth-order valence-electron chi connectivity index (χ4n) is 2.53. The van der Waals surface area contributed by atoms with Gasteiger partial charge in [-0.1, -0.05) is 18.2 Å². The van der Waals surface area contributed by atoms with E-state index < -0.39 is 0 Å². The van der Waals surface area contributed by atoms with Gasteiger partial charge < -0.3 is 10.5 Å². The van der Waals surface area contributed by atoms with Crippen LogP contribution in [0.25, 0.3) is 10.9 Å². The smallest absolute Gasteiger partial charge is 0.129 e. The van der Waals surface area contributed by atoms with Crippen molar-refractivity contribution < 1.29 is 4.74 Å². The number of nitrogens with zero attached hydrogens (tertiary/aromatic N) is 2. The molecule has 0 bridgehead atoms. The van der Waals surface area contributed by atoms with Crippen LogP contribution >= 0.6 is 11.3 Å². The van der Waals surface area contributed by atoms with Gasteiger partial charge in [-0.2, -0.15) is 5.10 Å². The first kappa shape index (κ1) is 14.1. The molecule has 21 heavy (non-hydrogen) atoms. The summed E-state index contributed by atoms with van der Waals surface area (Å²) in [6, 6.07) is 10.3. The number of thiophene rings is 1. The van der Waals surface area contributed by atoms with E-state index in [2.05, 4.69) is 19.1 Å². The van der Waals surface area contributed by atoms with Crippen molar-refractivity contribution in [3.05, 3.63) is 46.3 Å². The summed E-state index contributed by atoms with van der Waals surface area (Å²) in [6.45, 7) is 2.97. The van der Waals surface area contributed by atoms with Gasteiger partial charge in [-0.25, -0.2) is 0 Å². The number of methoxy groups -OCH3 is 1. The SMILES string of the molecule is CCn1nc(CC(N)c2cc(OC)cs2)c2ccccc21. The predicted octanol–water partition coefficient (Wildman–Crippen LogP) is 3.37. The molecule has 4 nitrogen and oxygen atoms in total. The van der Waals surface area contributed by atoms with Crippen molar-refractivity contribution in [3.63, 3.8) is 0 Å². The number of ether oxygens (including phenoxy) is 1. The van der Waals surface area contributed by atoms with Gasteiger partial charge in [0.1, 0.15) is 5.75 Å². The van der Waals surface area contributed by atoms with Gasteiger partial charge in [-0.05, 0) is 19.1 Å². The molecular weight excluding hydrogens is 282 g/mol. The third-order valence-electron chi connectivity index (χ3n) is 3.64. The van der Waals surface area contributed by atoms with Crippen molar-refractivity contribution in [1.82, 2.24) is 9.78 Å². The second kappa shape index (κ2) is 5.87. The first-order chi connectivity index (χ1) is 10.2. The summed E-state index contributed by atoms with van der Waals surface area (Å²) in [7, 11) is 1.67. The van der Waals surface area contributed by atoms with Crippen LogP contribution in [0, 0.1) is 0 Å². The Bertz CT molecular complexity index is 747. The van der Waals surface area contributed by atoms with Crippen LogP contribution in [0.1, 0.15) is 23.5 Å². The standard InChI is InChI=1S/C16H19N3OS/c1-3-19-15-7-5-4-6-12(15)14(18-19)9-13(17)16-8-11(20-2)10-21-16/h4-8,10,13H,3,9,17H2,1-2H3. The lowest BCUT2D eigenvalue weighted by atomic mass is 10.1. The Balaban J connectivity index is 1.90. The molecule has 0 aliphatic carbocycles. The molecule has 0 aliphatic rings. The molecule has 3 aromatic rings. The summed E-state index contributed by atoms with van der Waals surface area (Å²) in [4.78, 5) is 1.13. The molecule has 110 valence electrons. The molecule has 0 fully saturated rings. The van der Waals surface area contributed by atoms with E-state index in [1.54, 1.807) is 18.4 Å². The molecule has 0 spiro atoms. The number of benzene rings is 1. The zero-order valence-electron chi connectivity index (χ0n) is 12.2. The molecule has 2 aromatic heterocycles. The highest BCUT2D eigenvalue weighted by molar-refractivity contribution is 7.10. The van der Waals surface area contributed by atoms with Crippen LogP contribution in [0.2, 0.25) is 0 Å². The predicted molar refractivity (Wildman–Crippen MR) is 86.9 cm³/mol. The van der Waals surface area contributed by atoms with Crippen LogP contribution in [-0.2, 0) is 13.0 Å². The van der Waals surface area contributed by atoms with Gasteiger partial charge in [-0.15, -0.1) is 11.3 Å². The molecule has 1 unspecified atom stereocenters. The molecule has 2 heterocycles. The fourth-order valence-corrected chi connectivity index (χ4v) is 3.39. The molecule has 0 saturated heterocycles. The van der Waals surface area contributed by atoms with E-state index in [0.29, 0.717) is 0 Å². The molecule has 5 heteroatoms. The molecule has 0 amide bonds. The zero-order chi connectivity index (χ0) is 14.8. The lowest BCUT2D eigenvalue weighted by Gasteiger charge is -2.07. The van der Waals surface area contributed by atoms with Gasteiger partial charge in [0.05, 0.1) is 18.3 Å². The normalized spacial score (nSPS) is 12.7. The average molecular weight is 301 g/mol. The number of para-hydroxylation sites is 1. The molecule has 0 radical (unpaired) electrons. The highest BCUT2D eigenvalue weighted by Gasteiger charge is 2.15. The number of hydrogen-bond acceptors (Lipinski definition) is 4. The van der Waals surface area contributed by atoms with Crippen LogP contribution in [0.15, 0.2) is 35.7 Å². The van der Waals surface area contributed by atoms with Gasteiger partial charge >= 0.3 is 0 Å². The van der Waals surface area contributed by atoms with Crippen LogP contribution in [0.5, 0.6) is 5.75 Å². The largest absolute Gasteiger partial charge is 0.496 e. The zero-order valence-corrected chi connectivity index (χ0v) is 13.1.